The molecule has 0 radical (unpaired) electrons. The first-order valence-corrected chi connectivity index (χ1v) is 9.17. The van der Waals surface area contributed by atoms with Crippen molar-refractivity contribution < 1.29 is 14.3 Å². The molecule has 1 N–H and O–H groups in total. The molecule has 0 fully saturated rings. The van der Waals surface area contributed by atoms with Gasteiger partial charge in [0.25, 0.3) is 11.5 Å². The first kappa shape index (κ1) is 19.0. The van der Waals surface area contributed by atoms with E-state index in [0.717, 1.165) is 0 Å². The van der Waals surface area contributed by atoms with E-state index < -0.39 is 5.97 Å². The summed E-state index contributed by atoms with van der Waals surface area (Å²) in [5.41, 5.74) is 0.773. The van der Waals surface area contributed by atoms with Crippen LogP contribution in [0.5, 0.6) is 0 Å². The quantitative estimate of drug-likeness (QED) is 0.628. The van der Waals surface area contributed by atoms with Gasteiger partial charge < -0.3 is 10.1 Å². The third kappa shape index (κ3) is 4.89. The van der Waals surface area contributed by atoms with Crippen molar-refractivity contribution in [2.75, 3.05) is 6.54 Å². The molecule has 0 bridgehead atoms. The normalized spacial score (nSPS) is 10.7. The van der Waals surface area contributed by atoms with Crippen molar-refractivity contribution >= 4 is 39.8 Å². The molecule has 0 aliphatic heterocycles. The van der Waals surface area contributed by atoms with E-state index in [0.29, 0.717) is 26.2 Å². The van der Waals surface area contributed by atoms with Gasteiger partial charge in [-0.2, -0.15) is 9.61 Å². The molecule has 0 aliphatic rings. The van der Waals surface area contributed by atoms with Crippen molar-refractivity contribution in [1.29, 1.82) is 0 Å². The lowest BCUT2D eigenvalue weighted by molar-refractivity contribution is -0.144. The number of halogens is 1. The summed E-state index contributed by atoms with van der Waals surface area (Å²) >= 11 is 6.95. The topological polar surface area (TPSA) is 103 Å². The Morgan fingerprint density at radius 3 is 2.78 bits per heavy atom. The summed E-state index contributed by atoms with van der Waals surface area (Å²) in [7, 11) is 0. The largest absolute Gasteiger partial charge is 0.458 e. The fraction of sp³-hybridized carbons (Fsp3) is 0.235. The van der Waals surface area contributed by atoms with E-state index in [4.69, 9.17) is 16.3 Å². The SMILES string of the molecule is Cc1cc(=O)n2nc(COC(=O)CCNC(=O)c3ccc(Cl)cc3)sc2n1. The number of hydrogen-bond acceptors (Lipinski definition) is 7. The maximum absolute atomic E-state index is 11.9. The van der Waals surface area contributed by atoms with Crippen LogP contribution >= 0.6 is 22.9 Å². The number of esters is 1. The number of nitrogens with zero attached hydrogens (tertiary/aromatic N) is 3. The van der Waals surface area contributed by atoms with E-state index >= 15 is 0 Å². The van der Waals surface area contributed by atoms with Crippen LogP contribution in [0.1, 0.15) is 27.5 Å². The summed E-state index contributed by atoms with van der Waals surface area (Å²) in [4.78, 5) is 40.2. The van der Waals surface area contributed by atoms with Gasteiger partial charge in [0.2, 0.25) is 4.96 Å². The summed E-state index contributed by atoms with van der Waals surface area (Å²) in [5.74, 6) is -0.784. The highest BCUT2D eigenvalue weighted by atomic mass is 35.5. The Bertz CT molecular complexity index is 1050. The van der Waals surface area contributed by atoms with Crippen molar-refractivity contribution in [3.05, 3.63) is 62.0 Å². The molecule has 1 amide bonds. The summed E-state index contributed by atoms with van der Waals surface area (Å²) in [6.45, 7) is 1.80. The molecule has 2 heterocycles. The van der Waals surface area contributed by atoms with Crippen molar-refractivity contribution in [2.24, 2.45) is 0 Å². The van der Waals surface area contributed by atoms with Gasteiger partial charge in [0.15, 0.2) is 5.01 Å². The average molecular weight is 407 g/mol. The summed E-state index contributed by atoms with van der Waals surface area (Å²) in [5, 5.41) is 7.72. The molecule has 0 saturated carbocycles. The molecule has 140 valence electrons. The maximum atomic E-state index is 11.9. The number of rotatable bonds is 6. The van der Waals surface area contributed by atoms with Crippen molar-refractivity contribution in [3.63, 3.8) is 0 Å². The Labute approximate surface area is 162 Å². The molecule has 1 aromatic carbocycles. The van der Waals surface area contributed by atoms with Gasteiger partial charge in [-0.15, -0.1) is 0 Å². The van der Waals surface area contributed by atoms with Gasteiger partial charge in [-0.3, -0.25) is 14.4 Å². The number of fused-ring (bicyclic) bond motifs is 1. The molecule has 0 spiro atoms. The minimum atomic E-state index is -0.484. The van der Waals surface area contributed by atoms with E-state index in [1.165, 1.54) is 21.9 Å². The predicted octanol–water partition coefficient (Wildman–Crippen LogP) is 1.98. The van der Waals surface area contributed by atoms with Crippen molar-refractivity contribution in [1.82, 2.24) is 19.9 Å². The fourth-order valence-corrected chi connectivity index (χ4v) is 3.20. The molecule has 10 heteroatoms. The van der Waals surface area contributed by atoms with Crippen LogP contribution in [-0.2, 0) is 16.1 Å². The van der Waals surface area contributed by atoms with Gasteiger partial charge in [-0.05, 0) is 31.2 Å². The van der Waals surface area contributed by atoms with Gasteiger partial charge in [0, 0.05) is 28.9 Å². The number of ether oxygens (including phenoxy) is 1. The Kier molecular flexibility index (Phi) is 5.82. The first-order valence-electron chi connectivity index (χ1n) is 7.98. The smallest absolute Gasteiger partial charge is 0.307 e. The highest BCUT2D eigenvalue weighted by Gasteiger charge is 2.11. The third-order valence-electron chi connectivity index (χ3n) is 3.49. The highest BCUT2D eigenvalue weighted by Crippen LogP contribution is 2.12. The molecular formula is C17H15ClN4O4S. The molecule has 0 saturated heterocycles. The molecule has 0 atom stereocenters. The van der Waals surface area contributed by atoms with Crippen LogP contribution in [0.2, 0.25) is 5.02 Å². The van der Waals surface area contributed by atoms with Crippen LogP contribution in [0.4, 0.5) is 0 Å². The summed E-state index contributed by atoms with van der Waals surface area (Å²) < 4.78 is 6.30. The molecule has 8 nitrogen and oxygen atoms in total. The molecule has 27 heavy (non-hydrogen) atoms. The summed E-state index contributed by atoms with van der Waals surface area (Å²) in [6.07, 6.45) is 0.0154. The number of benzene rings is 1. The zero-order valence-electron chi connectivity index (χ0n) is 14.3. The van der Waals surface area contributed by atoms with E-state index in [1.807, 2.05) is 0 Å². The van der Waals surface area contributed by atoms with E-state index in [9.17, 15) is 14.4 Å². The maximum Gasteiger partial charge on any atom is 0.307 e. The number of amides is 1. The molecule has 3 rings (SSSR count). The molecule has 2 aromatic heterocycles. The molecule has 0 aliphatic carbocycles. The summed E-state index contributed by atoms with van der Waals surface area (Å²) in [6, 6.07) is 7.81. The van der Waals surface area contributed by atoms with Gasteiger partial charge >= 0.3 is 5.97 Å². The van der Waals surface area contributed by atoms with Crippen LogP contribution in [0.15, 0.2) is 35.1 Å². The van der Waals surface area contributed by atoms with E-state index in [2.05, 4.69) is 15.4 Å². The second kappa shape index (κ2) is 8.28. The Balaban J connectivity index is 1.47. The van der Waals surface area contributed by atoms with Crippen LogP contribution in [0.25, 0.3) is 4.96 Å². The third-order valence-corrected chi connectivity index (χ3v) is 4.63. The average Bonchev–Trinajstić information content (AvgIpc) is 3.03. The first-order chi connectivity index (χ1) is 12.9. The Morgan fingerprint density at radius 2 is 2.04 bits per heavy atom. The van der Waals surface area contributed by atoms with E-state index in [1.54, 1.807) is 31.2 Å². The van der Waals surface area contributed by atoms with Gasteiger partial charge in [0.05, 0.1) is 6.42 Å². The Morgan fingerprint density at radius 1 is 1.30 bits per heavy atom. The van der Waals surface area contributed by atoms with Crippen LogP contribution in [-0.4, -0.2) is 33.0 Å². The van der Waals surface area contributed by atoms with Gasteiger partial charge in [0.1, 0.15) is 6.61 Å². The number of carbonyl (C=O) groups is 2. The lowest BCUT2D eigenvalue weighted by Gasteiger charge is -2.05. The fourth-order valence-electron chi connectivity index (χ4n) is 2.21. The zero-order chi connectivity index (χ0) is 19.4. The number of aryl methyl sites for hydroxylation is 1. The number of carbonyl (C=O) groups excluding carboxylic acids is 2. The highest BCUT2D eigenvalue weighted by molar-refractivity contribution is 7.16. The molecule has 3 aromatic rings. The van der Waals surface area contributed by atoms with Crippen molar-refractivity contribution in [3.8, 4) is 0 Å². The lowest BCUT2D eigenvalue weighted by atomic mass is 10.2. The predicted molar refractivity (Wildman–Crippen MR) is 100 cm³/mol. The number of nitrogens with one attached hydrogen (secondary N) is 1. The minimum absolute atomic E-state index is 0.0154. The Hall–Kier alpha value is -2.78. The van der Waals surface area contributed by atoms with E-state index in [-0.39, 0.29) is 31.0 Å². The van der Waals surface area contributed by atoms with Gasteiger partial charge in [-0.1, -0.05) is 22.9 Å². The van der Waals surface area contributed by atoms with Crippen LogP contribution in [0.3, 0.4) is 0 Å². The number of aromatic nitrogens is 3. The zero-order valence-corrected chi connectivity index (χ0v) is 15.8. The lowest BCUT2D eigenvalue weighted by Crippen LogP contribution is -2.26. The molecular weight excluding hydrogens is 392 g/mol. The molecule has 0 unspecified atom stereocenters. The number of hydrogen-bond donors (Lipinski definition) is 1. The second-order valence-electron chi connectivity index (χ2n) is 5.60. The standard InChI is InChI=1S/C17H15ClN4O4S/c1-10-8-14(23)22-17(20-10)27-13(21-22)9-26-15(24)6-7-19-16(25)11-2-4-12(18)5-3-11/h2-5,8H,6-7,9H2,1H3,(H,19,25). The van der Waals surface area contributed by atoms with Crippen LogP contribution in [0, 0.1) is 6.92 Å². The monoisotopic (exact) mass is 406 g/mol. The second-order valence-corrected chi connectivity index (χ2v) is 7.08. The van der Waals surface area contributed by atoms with Crippen LogP contribution < -0.4 is 10.9 Å². The van der Waals surface area contributed by atoms with Gasteiger partial charge in [-0.25, -0.2) is 4.98 Å². The van der Waals surface area contributed by atoms with Crippen molar-refractivity contribution in [2.45, 2.75) is 20.0 Å². The minimum Gasteiger partial charge on any atom is -0.458 e.